The second-order valence-electron chi connectivity index (χ2n) is 6.41. The van der Waals surface area contributed by atoms with Crippen LogP contribution in [0.1, 0.15) is 23.6 Å². The highest BCUT2D eigenvalue weighted by molar-refractivity contribution is 6.32. The first-order valence-electron chi connectivity index (χ1n) is 8.55. The zero-order chi connectivity index (χ0) is 19.6. The fraction of sp³-hybridized carbons (Fsp3) is 0.182. The lowest BCUT2D eigenvalue weighted by atomic mass is 10.0. The summed E-state index contributed by atoms with van der Waals surface area (Å²) in [6.07, 6.45) is 1.65. The predicted molar refractivity (Wildman–Crippen MR) is 106 cm³/mol. The number of rotatable bonds is 4. The first-order valence-corrected chi connectivity index (χ1v) is 8.93. The molecule has 2 aromatic carbocycles. The van der Waals surface area contributed by atoms with E-state index in [2.05, 4.69) is 0 Å². The Balaban J connectivity index is 2.04. The molecule has 0 atom stereocenters. The lowest BCUT2D eigenvalue weighted by Crippen LogP contribution is -2.24. The minimum Gasteiger partial charge on any atom is -0.465 e. The van der Waals surface area contributed by atoms with E-state index in [0.717, 1.165) is 11.1 Å². The summed E-state index contributed by atoms with van der Waals surface area (Å²) in [5.74, 6) is -0.779. The summed E-state index contributed by atoms with van der Waals surface area (Å²) >= 11 is 6.23. The molecule has 2 aromatic rings. The molecule has 27 heavy (non-hydrogen) atoms. The number of halogens is 1. The maximum absolute atomic E-state index is 13.1. The molecule has 0 aliphatic carbocycles. The van der Waals surface area contributed by atoms with Gasteiger partial charge >= 0.3 is 5.97 Å². The molecule has 1 amide bonds. The number of hydrogen-bond acceptors (Lipinski definition) is 3. The van der Waals surface area contributed by atoms with E-state index in [1.165, 1.54) is 7.11 Å². The van der Waals surface area contributed by atoms with Gasteiger partial charge in [0.15, 0.2) is 0 Å². The van der Waals surface area contributed by atoms with E-state index >= 15 is 0 Å². The quantitative estimate of drug-likeness (QED) is 0.577. The number of ether oxygens (including phenoxy) is 1. The van der Waals surface area contributed by atoms with Crippen molar-refractivity contribution >= 4 is 29.6 Å². The fourth-order valence-corrected chi connectivity index (χ4v) is 3.23. The van der Waals surface area contributed by atoms with Gasteiger partial charge in [0.1, 0.15) is 0 Å². The van der Waals surface area contributed by atoms with Gasteiger partial charge in [0.05, 0.1) is 24.8 Å². The van der Waals surface area contributed by atoms with Crippen molar-refractivity contribution in [3.63, 3.8) is 0 Å². The molecule has 0 saturated carbocycles. The molecule has 0 spiro atoms. The fourth-order valence-electron chi connectivity index (χ4n) is 3.04. The SMILES string of the molecule is COC(=O)C1=C(C)N(Cc2ccc(C)cc2)C(=O)/C1=C\c1ccccc1Cl. The number of methoxy groups -OCH3 is 1. The van der Waals surface area contributed by atoms with Crippen LogP contribution in [0.2, 0.25) is 5.02 Å². The van der Waals surface area contributed by atoms with Crippen molar-refractivity contribution in [3.05, 3.63) is 87.1 Å². The van der Waals surface area contributed by atoms with Crippen LogP contribution in [-0.4, -0.2) is 23.9 Å². The Morgan fingerprint density at radius 1 is 1.11 bits per heavy atom. The van der Waals surface area contributed by atoms with Crippen molar-refractivity contribution in [2.45, 2.75) is 20.4 Å². The number of allylic oxidation sites excluding steroid dienone is 1. The minimum atomic E-state index is -0.537. The first kappa shape index (κ1) is 18.9. The summed E-state index contributed by atoms with van der Waals surface area (Å²) in [5, 5.41) is 0.511. The number of nitrogens with zero attached hydrogens (tertiary/aromatic N) is 1. The Morgan fingerprint density at radius 3 is 2.41 bits per heavy atom. The third kappa shape index (κ3) is 3.81. The molecule has 3 rings (SSSR count). The summed E-state index contributed by atoms with van der Waals surface area (Å²) in [4.78, 5) is 27.1. The minimum absolute atomic E-state index is 0.242. The Kier molecular flexibility index (Phi) is 5.47. The second kappa shape index (κ2) is 7.80. The van der Waals surface area contributed by atoms with Gasteiger partial charge in [0.2, 0.25) is 0 Å². The maximum atomic E-state index is 13.1. The lowest BCUT2D eigenvalue weighted by molar-refractivity contribution is -0.136. The molecule has 0 saturated heterocycles. The molecule has 0 fully saturated rings. The van der Waals surface area contributed by atoms with E-state index in [-0.39, 0.29) is 11.5 Å². The molecular weight excluding hydrogens is 362 g/mol. The van der Waals surface area contributed by atoms with Crippen LogP contribution in [0.5, 0.6) is 0 Å². The summed E-state index contributed by atoms with van der Waals surface area (Å²) in [7, 11) is 1.31. The number of benzene rings is 2. The zero-order valence-corrected chi connectivity index (χ0v) is 16.2. The molecule has 0 N–H and O–H groups in total. The molecule has 0 bridgehead atoms. The Morgan fingerprint density at radius 2 is 1.78 bits per heavy atom. The molecule has 0 aromatic heterocycles. The molecule has 1 aliphatic rings. The summed E-state index contributed by atoms with van der Waals surface area (Å²) in [6, 6.07) is 15.1. The van der Waals surface area contributed by atoms with Crippen LogP contribution in [0.4, 0.5) is 0 Å². The Labute approximate surface area is 163 Å². The first-order chi connectivity index (χ1) is 12.9. The normalized spacial score (nSPS) is 15.6. The summed E-state index contributed by atoms with van der Waals surface area (Å²) in [5.41, 5.74) is 3.94. The van der Waals surface area contributed by atoms with Crippen LogP contribution in [0.15, 0.2) is 65.4 Å². The van der Waals surface area contributed by atoms with Crippen molar-refractivity contribution in [3.8, 4) is 0 Å². The molecule has 5 heteroatoms. The van der Waals surface area contributed by atoms with E-state index in [1.807, 2.05) is 43.3 Å². The number of esters is 1. The highest BCUT2D eigenvalue weighted by Crippen LogP contribution is 2.33. The third-order valence-electron chi connectivity index (χ3n) is 4.57. The van der Waals surface area contributed by atoms with Crippen LogP contribution in [0.25, 0.3) is 6.08 Å². The smallest absolute Gasteiger partial charge is 0.340 e. The molecule has 0 radical (unpaired) electrons. The van der Waals surface area contributed by atoms with Gasteiger partial charge in [-0.25, -0.2) is 4.79 Å². The van der Waals surface area contributed by atoms with Crippen LogP contribution < -0.4 is 0 Å². The van der Waals surface area contributed by atoms with Crippen molar-refractivity contribution in [2.75, 3.05) is 7.11 Å². The molecule has 138 valence electrons. The van der Waals surface area contributed by atoms with Crippen LogP contribution in [0, 0.1) is 6.92 Å². The molecular formula is C22H20ClNO3. The third-order valence-corrected chi connectivity index (χ3v) is 4.91. The van der Waals surface area contributed by atoms with Gasteiger partial charge in [-0.3, -0.25) is 4.79 Å². The van der Waals surface area contributed by atoms with Gasteiger partial charge in [-0.1, -0.05) is 59.6 Å². The summed E-state index contributed by atoms with van der Waals surface area (Å²) in [6.45, 7) is 4.15. The van der Waals surface area contributed by atoms with Gasteiger partial charge in [0, 0.05) is 10.7 Å². The number of aryl methyl sites for hydroxylation is 1. The monoisotopic (exact) mass is 381 g/mol. The molecule has 1 heterocycles. The van der Waals surface area contributed by atoms with Crippen molar-refractivity contribution in [1.29, 1.82) is 0 Å². The lowest BCUT2D eigenvalue weighted by Gasteiger charge is -2.18. The van der Waals surface area contributed by atoms with Gasteiger partial charge in [0.25, 0.3) is 5.91 Å². The van der Waals surface area contributed by atoms with E-state index < -0.39 is 5.97 Å². The van der Waals surface area contributed by atoms with E-state index in [4.69, 9.17) is 16.3 Å². The number of hydrogen-bond donors (Lipinski definition) is 0. The Bertz CT molecular complexity index is 958. The molecule has 1 aliphatic heterocycles. The average molecular weight is 382 g/mol. The summed E-state index contributed by atoms with van der Waals surface area (Å²) < 4.78 is 4.92. The van der Waals surface area contributed by atoms with Gasteiger partial charge in [-0.05, 0) is 37.1 Å². The molecule has 4 nitrogen and oxygen atoms in total. The largest absolute Gasteiger partial charge is 0.465 e. The van der Waals surface area contributed by atoms with Gasteiger partial charge < -0.3 is 9.64 Å². The van der Waals surface area contributed by atoms with E-state index in [1.54, 1.807) is 30.0 Å². The zero-order valence-electron chi connectivity index (χ0n) is 15.5. The standard InChI is InChI=1S/C22H20ClNO3/c1-14-8-10-16(11-9-14)13-24-15(2)20(22(26)27-3)18(21(24)25)12-17-6-4-5-7-19(17)23/h4-12H,13H2,1-3H3/b18-12-. The molecule has 0 unspecified atom stereocenters. The van der Waals surface area contributed by atoms with Crippen LogP contribution in [-0.2, 0) is 20.9 Å². The topological polar surface area (TPSA) is 46.6 Å². The van der Waals surface area contributed by atoms with Crippen LogP contribution in [0.3, 0.4) is 0 Å². The highest BCUT2D eigenvalue weighted by Gasteiger charge is 2.37. The van der Waals surface area contributed by atoms with Crippen molar-refractivity contribution in [1.82, 2.24) is 4.90 Å². The number of carbonyl (C=O) groups is 2. The number of carbonyl (C=O) groups excluding carboxylic acids is 2. The Hall–Kier alpha value is -2.85. The van der Waals surface area contributed by atoms with Crippen molar-refractivity contribution in [2.24, 2.45) is 0 Å². The van der Waals surface area contributed by atoms with Gasteiger partial charge in [-0.15, -0.1) is 0 Å². The van der Waals surface area contributed by atoms with Gasteiger partial charge in [-0.2, -0.15) is 0 Å². The average Bonchev–Trinajstić information content (AvgIpc) is 2.89. The van der Waals surface area contributed by atoms with E-state index in [9.17, 15) is 9.59 Å². The van der Waals surface area contributed by atoms with Crippen molar-refractivity contribution < 1.29 is 14.3 Å². The van der Waals surface area contributed by atoms with E-state index in [0.29, 0.717) is 28.4 Å². The second-order valence-corrected chi connectivity index (χ2v) is 6.82. The maximum Gasteiger partial charge on any atom is 0.340 e. The van der Waals surface area contributed by atoms with Crippen LogP contribution >= 0.6 is 11.6 Å². The number of amides is 1. The predicted octanol–water partition coefficient (Wildman–Crippen LogP) is 4.52. The highest BCUT2D eigenvalue weighted by atomic mass is 35.5.